The maximum Gasteiger partial charge on any atom is 0.0794 e. The van der Waals surface area contributed by atoms with Crippen LogP contribution >= 0.6 is 11.3 Å². The van der Waals surface area contributed by atoms with Crippen LogP contribution < -0.4 is 5.32 Å². The Kier molecular flexibility index (Phi) is 4.32. The smallest absolute Gasteiger partial charge is 0.0794 e. The van der Waals surface area contributed by atoms with Crippen LogP contribution in [-0.2, 0) is 0 Å². The predicted molar refractivity (Wildman–Crippen MR) is 68.8 cm³/mol. The SMILES string of the molecule is CC(c1cncs1)N(C)CC1CCNCC1. The number of aromatic nitrogens is 1. The maximum atomic E-state index is 4.15. The summed E-state index contributed by atoms with van der Waals surface area (Å²) >= 11 is 1.76. The van der Waals surface area contributed by atoms with E-state index >= 15 is 0 Å². The second kappa shape index (κ2) is 5.75. The lowest BCUT2D eigenvalue weighted by Crippen LogP contribution is -2.35. The van der Waals surface area contributed by atoms with Crippen LogP contribution in [0.5, 0.6) is 0 Å². The summed E-state index contributed by atoms with van der Waals surface area (Å²) in [5, 5.41) is 3.42. The number of nitrogens with one attached hydrogen (secondary N) is 1. The summed E-state index contributed by atoms with van der Waals surface area (Å²) in [5.41, 5.74) is 1.92. The van der Waals surface area contributed by atoms with Crippen molar-refractivity contribution in [1.29, 1.82) is 0 Å². The molecule has 3 nitrogen and oxygen atoms in total. The van der Waals surface area contributed by atoms with E-state index in [9.17, 15) is 0 Å². The van der Waals surface area contributed by atoms with Crippen molar-refractivity contribution in [2.24, 2.45) is 5.92 Å². The van der Waals surface area contributed by atoms with E-state index in [1.54, 1.807) is 11.3 Å². The minimum Gasteiger partial charge on any atom is -0.317 e. The molecule has 1 fully saturated rings. The molecule has 0 radical (unpaired) electrons. The highest BCUT2D eigenvalue weighted by atomic mass is 32.1. The number of hydrogen-bond donors (Lipinski definition) is 1. The molecular formula is C12H21N3S. The third-order valence-corrected chi connectivity index (χ3v) is 4.48. The topological polar surface area (TPSA) is 28.2 Å². The second-order valence-corrected chi connectivity index (χ2v) is 5.63. The third-order valence-electron chi connectivity index (χ3n) is 3.53. The zero-order valence-electron chi connectivity index (χ0n) is 10.1. The molecule has 1 N–H and O–H groups in total. The zero-order valence-corrected chi connectivity index (χ0v) is 11.0. The molecular weight excluding hydrogens is 218 g/mol. The van der Waals surface area contributed by atoms with Gasteiger partial charge in [0, 0.05) is 23.7 Å². The molecule has 2 rings (SSSR count). The van der Waals surface area contributed by atoms with Crippen LogP contribution in [0.3, 0.4) is 0 Å². The summed E-state index contributed by atoms with van der Waals surface area (Å²) in [7, 11) is 2.23. The Morgan fingerprint density at radius 3 is 2.94 bits per heavy atom. The fourth-order valence-electron chi connectivity index (χ4n) is 2.28. The first kappa shape index (κ1) is 12.0. The van der Waals surface area contributed by atoms with E-state index in [4.69, 9.17) is 0 Å². The van der Waals surface area contributed by atoms with Crippen LogP contribution in [0.1, 0.15) is 30.7 Å². The van der Waals surface area contributed by atoms with Gasteiger partial charge in [0.2, 0.25) is 0 Å². The van der Waals surface area contributed by atoms with Crippen molar-refractivity contribution in [1.82, 2.24) is 15.2 Å². The van der Waals surface area contributed by atoms with Crippen molar-refractivity contribution in [2.75, 3.05) is 26.7 Å². The average Bonchev–Trinajstić information content (AvgIpc) is 2.83. The molecule has 0 spiro atoms. The Hall–Kier alpha value is -0.450. The van der Waals surface area contributed by atoms with Crippen LogP contribution in [0, 0.1) is 5.92 Å². The molecule has 0 aromatic carbocycles. The van der Waals surface area contributed by atoms with E-state index in [1.807, 2.05) is 11.7 Å². The molecule has 4 heteroatoms. The molecule has 0 amide bonds. The predicted octanol–water partition coefficient (Wildman–Crippen LogP) is 2.14. The molecule has 16 heavy (non-hydrogen) atoms. The molecule has 0 aliphatic carbocycles. The third kappa shape index (κ3) is 3.03. The maximum absolute atomic E-state index is 4.15. The van der Waals surface area contributed by atoms with Gasteiger partial charge in [0.15, 0.2) is 0 Å². The molecule has 90 valence electrons. The molecule has 2 heterocycles. The molecule has 1 saturated heterocycles. The first-order valence-electron chi connectivity index (χ1n) is 6.06. The number of hydrogen-bond acceptors (Lipinski definition) is 4. The van der Waals surface area contributed by atoms with Crippen LogP contribution in [-0.4, -0.2) is 36.6 Å². The fraction of sp³-hybridized carbons (Fsp3) is 0.750. The number of piperidine rings is 1. The molecule has 1 aliphatic rings. The average molecular weight is 239 g/mol. The van der Waals surface area contributed by atoms with Gasteiger partial charge in [-0.25, -0.2) is 0 Å². The Morgan fingerprint density at radius 2 is 2.31 bits per heavy atom. The largest absolute Gasteiger partial charge is 0.317 e. The van der Waals surface area contributed by atoms with Crippen LogP contribution in [0.15, 0.2) is 11.7 Å². The highest BCUT2D eigenvalue weighted by Crippen LogP contribution is 2.24. The van der Waals surface area contributed by atoms with Crippen molar-refractivity contribution in [3.05, 3.63) is 16.6 Å². The highest BCUT2D eigenvalue weighted by Gasteiger charge is 2.19. The molecule has 1 atom stereocenters. The number of thiazole rings is 1. The van der Waals surface area contributed by atoms with Gasteiger partial charge in [-0.3, -0.25) is 9.88 Å². The van der Waals surface area contributed by atoms with E-state index in [-0.39, 0.29) is 0 Å². The van der Waals surface area contributed by atoms with Gasteiger partial charge in [-0.1, -0.05) is 0 Å². The monoisotopic (exact) mass is 239 g/mol. The van der Waals surface area contributed by atoms with Gasteiger partial charge in [-0.15, -0.1) is 11.3 Å². The highest BCUT2D eigenvalue weighted by molar-refractivity contribution is 7.09. The van der Waals surface area contributed by atoms with Crippen LogP contribution in [0.25, 0.3) is 0 Å². The van der Waals surface area contributed by atoms with Crippen molar-refractivity contribution in [3.8, 4) is 0 Å². The molecule has 0 saturated carbocycles. The fourth-order valence-corrected chi connectivity index (χ4v) is 3.02. The van der Waals surface area contributed by atoms with Gasteiger partial charge >= 0.3 is 0 Å². The minimum atomic E-state index is 0.502. The summed E-state index contributed by atoms with van der Waals surface area (Å²) in [6.45, 7) is 5.86. The Labute approximate surface area is 102 Å². The molecule has 1 aliphatic heterocycles. The van der Waals surface area contributed by atoms with E-state index in [0.717, 1.165) is 5.92 Å². The Morgan fingerprint density at radius 1 is 1.56 bits per heavy atom. The van der Waals surface area contributed by atoms with E-state index in [1.165, 1.54) is 37.4 Å². The summed E-state index contributed by atoms with van der Waals surface area (Å²) in [6, 6.07) is 0.502. The van der Waals surface area contributed by atoms with E-state index in [0.29, 0.717) is 6.04 Å². The minimum absolute atomic E-state index is 0.502. The van der Waals surface area contributed by atoms with Crippen molar-refractivity contribution < 1.29 is 0 Å². The van der Waals surface area contributed by atoms with Crippen molar-refractivity contribution in [3.63, 3.8) is 0 Å². The quantitative estimate of drug-likeness (QED) is 0.872. The van der Waals surface area contributed by atoms with E-state index < -0.39 is 0 Å². The van der Waals surface area contributed by atoms with Gasteiger partial charge in [-0.05, 0) is 45.8 Å². The lowest BCUT2D eigenvalue weighted by molar-refractivity contribution is 0.198. The first-order valence-corrected chi connectivity index (χ1v) is 6.94. The summed E-state index contributed by atoms with van der Waals surface area (Å²) in [4.78, 5) is 7.99. The van der Waals surface area contributed by atoms with Gasteiger partial charge in [0.05, 0.1) is 5.51 Å². The standard InChI is InChI=1S/C12H21N3S/c1-10(12-7-14-9-16-12)15(2)8-11-3-5-13-6-4-11/h7,9-11,13H,3-6,8H2,1-2H3. The summed E-state index contributed by atoms with van der Waals surface area (Å²) < 4.78 is 0. The molecule has 0 bridgehead atoms. The Balaban J connectivity index is 1.84. The van der Waals surface area contributed by atoms with Gasteiger partial charge in [0.1, 0.15) is 0 Å². The lowest BCUT2D eigenvalue weighted by atomic mass is 9.97. The van der Waals surface area contributed by atoms with Gasteiger partial charge in [-0.2, -0.15) is 0 Å². The Bertz CT molecular complexity index is 293. The van der Waals surface area contributed by atoms with Crippen LogP contribution in [0.2, 0.25) is 0 Å². The second-order valence-electron chi connectivity index (χ2n) is 4.71. The molecule has 1 unspecified atom stereocenters. The normalized spacial score (nSPS) is 20.2. The van der Waals surface area contributed by atoms with Gasteiger partial charge < -0.3 is 5.32 Å². The van der Waals surface area contributed by atoms with E-state index in [2.05, 4.69) is 29.2 Å². The van der Waals surface area contributed by atoms with Crippen molar-refractivity contribution >= 4 is 11.3 Å². The van der Waals surface area contributed by atoms with Gasteiger partial charge in [0.25, 0.3) is 0 Å². The van der Waals surface area contributed by atoms with Crippen LogP contribution in [0.4, 0.5) is 0 Å². The lowest BCUT2D eigenvalue weighted by Gasteiger charge is -2.30. The molecule has 1 aromatic rings. The van der Waals surface area contributed by atoms with Crippen molar-refractivity contribution in [2.45, 2.75) is 25.8 Å². The number of rotatable bonds is 4. The summed E-state index contributed by atoms with van der Waals surface area (Å²) in [6.07, 6.45) is 4.63. The zero-order chi connectivity index (χ0) is 11.4. The number of nitrogens with zero attached hydrogens (tertiary/aromatic N) is 2. The summed E-state index contributed by atoms with van der Waals surface area (Å²) in [5.74, 6) is 0.863. The first-order chi connectivity index (χ1) is 7.77. The molecule has 1 aromatic heterocycles.